The molecule has 0 fully saturated rings. The average molecular weight is 153 g/mol. The highest BCUT2D eigenvalue weighted by Gasteiger charge is 2.02. The van der Waals surface area contributed by atoms with Gasteiger partial charge in [-0.25, -0.2) is 0 Å². The first kappa shape index (κ1) is 8.11. The van der Waals surface area contributed by atoms with Crippen molar-refractivity contribution in [3.63, 3.8) is 0 Å². The summed E-state index contributed by atoms with van der Waals surface area (Å²) in [6.07, 6.45) is 1.97. The molecule has 1 aromatic heterocycles. The lowest BCUT2D eigenvalue weighted by atomic mass is 10.5. The smallest absolute Gasteiger partial charge is 0.150 e. The summed E-state index contributed by atoms with van der Waals surface area (Å²) in [5.74, 6) is 1.07. The third-order valence-corrected chi connectivity index (χ3v) is 1.79. The van der Waals surface area contributed by atoms with E-state index in [4.69, 9.17) is 0 Å². The van der Waals surface area contributed by atoms with Crippen molar-refractivity contribution in [1.82, 2.24) is 9.78 Å². The van der Waals surface area contributed by atoms with Crippen molar-refractivity contribution in [2.45, 2.75) is 13.8 Å². The van der Waals surface area contributed by atoms with E-state index in [0.29, 0.717) is 0 Å². The molecule has 0 aliphatic carbocycles. The molecule has 1 aromatic rings. The minimum absolute atomic E-state index is 1.02. The van der Waals surface area contributed by atoms with E-state index in [-0.39, 0.29) is 0 Å². The van der Waals surface area contributed by atoms with Gasteiger partial charge in [0.05, 0.1) is 0 Å². The van der Waals surface area contributed by atoms with Gasteiger partial charge in [-0.2, -0.15) is 5.10 Å². The molecule has 0 bridgehead atoms. The van der Waals surface area contributed by atoms with Gasteiger partial charge in [-0.15, -0.1) is 0 Å². The molecule has 0 amide bonds. The van der Waals surface area contributed by atoms with Gasteiger partial charge in [-0.05, 0) is 13.8 Å². The summed E-state index contributed by atoms with van der Waals surface area (Å²) >= 11 is 0. The van der Waals surface area contributed by atoms with Crippen molar-refractivity contribution in [1.29, 1.82) is 0 Å². The van der Waals surface area contributed by atoms with Gasteiger partial charge < -0.3 is 4.90 Å². The Balaban J connectivity index is 2.73. The first-order chi connectivity index (χ1) is 5.27. The number of rotatable bonds is 3. The zero-order valence-corrected chi connectivity index (χ0v) is 7.41. The van der Waals surface area contributed by atoms with E-state index < -0.39 is 0 Å². The lowest BCUT2D eigenvalue weighted by Crippen LogP contribution is -2.22. The van der Waals surface area contributed by atoms with Crippen LogP contribution in [0.3, 0.4) is 0 Å². The summed E-state index contributed by atoms with van der Waals surface area (Å²) in [5, 5.41) is 4.30. The van der Waals surface area contributed by atoms with Gasteiger partial charge in [0, 0.05) is 32.4 Å². The highest BCUT2D eigenvalue weighted by molar-refractivity contribution is 5.35. The molecule has 3 nitrogen and oxygen atoms in total. The maximum absolute atomic E-state index is 4.30. The fourth-order valence-corrected chi connectivity index (χ4v) is 1.12. The summed E-state index contributed by atoms with van der Waals surface area (Å²) in [7, 11) is 1.94. The SMILES string of the molecule is CCN(CC)c1ccn(C)n1. The van der Waals surface area contributed by atoms with E-state index in [0.717, 1.165) is 18.9 Å². The number of nitrogens with zero attached hydrogens (tertiary/aromatic N) is 3. The number of aromatic nitrogens is 2. The molecular formula is C8H15N3. The summed E-state index contributed by atoms with van der Waals surface area (Å²) in [4.78, 5) is 2.22. The molecule has 1 heterocycles. The highest BCUT2D eigenvalue weighted by atomic mass is 15.3. The van der Waals surface area contributed by atoms with E-state index in [2.05, 4.69) is 23.8 Å². The minimum atomic E-state index is 1.02. The van der Waals surface area contributed by atoms with Crippen molar-refractivity contribution in [3.05, 3.63) is 12.3 Å². The van der Waals surface area contributed by atoms with E-state index in [1.54, 1.807) is 0 Å². The fraction of sp³-hybridized carbons (Fsp3) is 0.625. The monoisotopic (exact) mass is 153 g/mol. The summed E-state index contributed by atoms with van der Waals surface area (Å²) < 4.78 is 1.83. The molecule has 0 aromatic carbocycles. The van der Waals surface area contributed by atoms with Crippen LogP contribution in [0.5, 0.6) is 0 Å². The van der Waals surface area contributed by atoms with Crippen molar-refractivity contribution >= 4 is 5.82 Å². The quantitative estimate of drug-likeness (QED) is 0.652. The summed E-state index contributed by atoms with van der Waals surface area (Å²) in [6.45, 7) is 6.32. The van der Waals surface area contributed by atoms with Gasteiger partial charge in [0.25, 0.3) is 0 Å². The van der Waals surface area contributed by atoms with Gasteiger partial charge in [-0.1, -0.05) is 0 Å². The highest BCUT2D eigenvalue weighted by Crippen LogP contribution is 2.07. The van der Waals surface area contributed by atoms with Crippen LogP contribution in [0.15, 0.2) is 12.3 Å². The van der Waals surface area contributed by atoms with Crippen LogP contribution in [-0.2, 0) is 7.05 Å². The molecular weight excluding hydrogens is 138 g/mol. The Hall–Kier alpha value is -0.990. The largest absolute Gasteiger partial charge is 0.356 e. The van der Waals surface area contributed by atoms with E-state index >= 15 is 0 Å². The number of anilines is 1. The summed E-state index contributed by atoms with van der Waals surface area (Å²) in [5.41, 5.74) is 0. The second kappa shape index (κ2) is 3.42. The first-order valence-corrected chi connectivity index (χ1v) is 4.02. The Labute approximate surface area is 67.6 Å². The molecule has 0 N–H and O–H groups in total. The van der Waals surface area contributed by atoms with Gasteiger partial charge >= 0.3 is 0 Å². The van der Waals surface area contributed by atoms with Crippen molar-refractivity contribution < 1.29 is 0 Å². The molecule has 0 saturated heterocycles. The molecule has 0 spiro atoms. The first-order valence-electron chi connectivity index (χ1n) is 4.02. The Bertz CT molecular complexity index is 213. The number of hydrogen-bond donors (Lipinski definition) is 0. The third-order valence-electron chi connectivity index (χ3n) is 1.79. The fourth-order valence-electron chi connectivity index (χ4n) is 1.12. The molecule has 0 unspecified atom stereocenters. The predicted octanol–water partition coefficient (Wildman–Crippen LogP) is 1.27. The van der Waals surface area contributed by atoms with Crippen LogP contribution in [0.4, 0.5) is 5.82 Å². The van der Waals surface area contributed by atoms with Crippen molar-refractivity contribution in [2.75, 3.05) is 18.0 Å². The van der Waals surface area contributed by atoms with E-state index in [9.17, 15) is 0 Å². The molecule has 11 heavy (non-hydrogen) atoms. The predicted molar refractivity (Wildman–Crippen MR) is 46.8 cm³/mol. The van der Waals surface area contributed by atoms with Gasteiger partial charge in [0.1, 0.15) is 0 Å². The topological polar surface area (TPSA) is 21.1 Å². The van der Waals surface area contributed by atoms with Gasteiger partial charge in [0.2, 0.25) is 0 Å². The minimum Gasteiger partial charge on any atom is -0.356 e. The van der Waals surface area contributed by atoms with Crippen LogP contribution in [-0.4, -0.2) is 22.9 Å². The molecule has 0 radical (unpaired) electrons. The maximum atomic E-state index is 4.30. The molecule has 3 heteroatoms. The zero-order valence-electron chi connectivity index (χ0n) is 7.41. The number of hydrogen-bond acceptors (Lipinski definition) is 2. The molecule has 0 aliphatic heterocycles. The number of aryl methyl sites for hydroxylation is 1. The van der Waals surface area contributed by atoms with Crippen LogP contribution in [0.25, 0.3) is 0 Å². The maximum Gasteiger partial charge on any atom is 0.150 e. The Morgan fingerprint density at radius 2 is 2.09 bits per heavy atom. The van der Waals surface area contributed by atoms with Crippen LogP contribution >= 0.6 is 0 Å². The van der Waals surface area contributed by atoms with Gasteiger partial charge in [-0.3, -0.25) is 4.68 Å². The van der Waals surface area contributed by atoms with Crippen molar-refractivity contribution in [3.8, 4) is 0 Å². The molecule has 0 saturated carbocycles. The molecule has 1 rings (SSSR count). The summed E-state index contributed by atoms with van der Waals surface area (Å²) in [6, 6.07) is 2.03. The zero-order chi connectivity index (χ0) is 8.27. The lowest BCUT2D eigenvalue weighted by molar-refractivity contribution is 0.744. The van der Waals surface area contributed by atoms with Crippen LogP contribution < -0.4 is 4.90 Å². The van der Waals surface area contributed by atoms with Crippen LogP contribution in [0.1, 0.15) is 13.8 Å². The Kier molecular flexibility index (Phi) is 2.52. The van der Waals surface area contributed by atoms with E-state index in [1.165, 1.54) is 0 Å². The third kappa shape index (κ3) is 1.73. The Morgan fingerprint density at radius 3 is 2.45 bits per heavy atom. The van der Waals surface area contributed by atoms with E-state index in [1.807, 2.05) is 24.0 Å². The normalized spacial score (nSPS) is 10.1. The van der Waals surface area contributed by atoms with Crippen LogP contribution in [0, 0.1) is 0 Å². The second-order valence-corrected chi connectivity index (χ2v) is 2.52. The average Bonchev–Trinajstić information content (AvgIpc) is 2.39. The second-order valence-electron chi connectivity index (χ2n) is 2.52. The standard InChI is InChI=1S/C8H15N3/c1-4-11(5-2)8-6-7-10(3)9-8/h6-7H,4-5H2,1-3H3. The van der Waals surface area contributed by atoms with Crippen LogP contribution in [0.2, 0.25) is 0 Å². The molecule has 0 atom stereocenters. The molecule has 62 valence electrons. The molecule has 0 aliphatic rings. The Morgan fingerprint density at radius 1 is 1.45 bits per heavy atom. The lowest BCUT2D eigenvalue weighted by Gasteiger charge is -2.16. The van der Waals surface area contributed by atoms with Gasteiger partial charge in [0.15, 0.2) is 5.82 Å². The van der Waals surface area contributed by atoms with Crippen molar-refractivity contribution in [2.24, 2.45) is 7.05 Å².